The van der Waals surface area contributed by atoms with Gasteiger partial charge in [-0.05, 0) is 30.3 Å². The van der Waals surface area contributed by atoms with Crippen LogP contribution in [-0.4, -0.2) is 13.0 Å². The van der Waals surface area contributed by atoms with Crippen LogP contribution in [0.5, 0.6) is 0 Å². The zero-order chi connectivity index (χ0) is 20.7. The second-order valence-corrected chi connectivity index (χ2v) is 8.59. The number of rotatable bonds is 3. The largest absolute Gasteiger partial charge is 0.416 e. The number of alkyl halides is 3. The number of sulfonamides is 1. The number of hydrogen-bond acceptors (Lipinski definition) is 4. The minimum Gasteiger partial charge on any atom is -0.320 e. The second kappa shape index (κ2) is 7.36. The molecule has 5 nitrogen and oxygen atoms in total. The van der Waals surface area contributed by atoms with E-state index in [9.17, 15) is 21.6 Å². The number of nitrogens with zero attached hydrogens (tertiary/aromatic N) is 2. The molecule has 148 valence electrons. The minimum atomic E-state index is -4.46. The van der Waals surface area contributed by atoms with Crippen molar-refractivity contribution in [3.05, 3.63) is 63.2 Å². The van der Waals surface area contributed by atoms with Crippen LogP contribution >= 0.6 is 22.9 Å². The van der Waals surface area contributed by atoms with E-state index < -0.39 is 21.8 Å². The molecule has 1 heterocycles. The molecule has 0 aliphatic rings. The summed E-state index contributed by atoms with van der Waals surface area (Å²) in [6.45, 7) is 0. The molecule has 2 N–H and O–H groups in total. The first-order chi connectivity index (χ1) is 13.0. The van der Waals surface area contributed by atoms with Crippen LogP contribution in [-0.2, 0) is 23.2 Å². The van der Waals surface area contributed by atoms with Crippen LogP contribution in [0.1, 0.15) is 5.56 Å². The van der Waals surface area contributed by atoms with Gasteiger partial charge in [0.15, 0.2) is 4.80 Å². The molecule has 28 heavy (non-hydrogen) atoms. The van der Waals surface area contributed by atoms with Gasteiger partial charge in [0.05, 0.1) is 22.0 Å². The third-order valence-corrected chi connectivity index (χ3v) is 6.17. The van der Waals surface area contributed by atoms with Crippen molar-refractivity contribution in [2.45, 2.75) is 11.1 Å². The summed E-state index contributed by atoms with van der Waals surface area (Å²) in [5, 5.41) is 6.88. The fourth-order valence-corrected chi connectivity index (χ4v) is 4.47. The number of hydrogen-bond donors (Lipinski definition) is 1. The summed E-state index contributed by atoms with van der Waals surface area (Å²) in [5.74, 6) is 0. The molecule has 0 spiro atoms. The van der Waals surface area contributed by atoms with Gasteiger partial charge in [0, 0.05) is 18.0 Å². The molecule has 0 amide bonds. The van der Waals surface area contributed by atoms with Gasteiger partial charge in [0.2, 0.25) is 10.0 Å². The standard InChI is InChI=1S/C17H13ClF3N3O2S2/c1-24-14(10-5-6-13(18)15(7-10)28(22,25)26)9-27-16(24)23-12-4-2-3-11(8-12)17(19,20)21/h2-9H,1H3,(H2,22,25,26). The lowest BCUT2D eigenvalue weighted by Gasteiger charge is -2.07. The Morgan fingerprint density at radius 3 is 2.54 bits per heavy atom. The van der Waals surface area contributed by atoms with Gasteiger partial charge >= 0.3 is 6.18 Å². The summed E-state index contributed by atoms with van der Waals surface area (Å²) in [5.41, 5.74) is 0.499. The molecular formula is C17H13ClF3N3O2S2. The van der Waals surface area contributed by atoms with Crippen molar-refractivity contribution < 1.29 is 21.6 Å². The maximum Gasteiger partial charge on any atom is 0.416 e. The molecule has 0 unspecified atom stereocenters. The molecule has 0 saturated carbocycles. The summed E-state index contributed by atoms with van der Waals surface area (Å²) in [7, 11) is -2.33. The van der Waals surface area contributed by atoms with Crippen molar-refractivity contribution in [3.63, 3.8) is 0 Å². The summed E-state index contributed by atoms with van der Waals surface area (Å²) >= 11 is 7.10. The van der Waals surface area contributed by atoms with Crippen LogP contribution < -0.4 is 9.94 Å². The topological polar surface area (TPSA) is 77.5 Å². The maximum absolute atomic E-state index is 12.9. The van der Waals surface area contributed by atoms with E-state index in [0.29, 0.717) is 16.1 Å². The number of primary sulfonamides is 1. The fraction of sp³-hybridized carbons (Fsp3) is 0.118. The Morgan fingerprint density at radius 1 is 1.18 bits per heavy atom. The highest BCUT2D eigenvalue weighted by Crippen LogP contribution is 2.31. The Balaban J connectivity index is 2.08. The number of benzene rings is 2. The average Bonchev–Trinajstić information content (AvgIpc) is 2.95. The minimum absolute atomic E-state index is 0.00184. The average molecular weight is 448 g/mol. The van der Waals surface area contributed by atoms with Crippen LogP contribution in [0.4, 0.5) is 18.9 Å². The molecule has 1 aromatic heterocycles. The molecule has 0 aliphatic carbocycles. The molecule has 0 bridgehead atoms. The molecule has 0 radical (unpaired) electrons. The fourth-order valence-electron chi connectivity index (χ4n) is 2.48. The van der Waals surface area contributed by atoms with Gasteiger partial charge in [0.25, 0.3) is 0 Å². The van der Waals surface area contributed by atoms with Crippen LogP contribution in [0, 0.1) is 0 Å². The molecule has 3 rings (SSSR count). The van der Waals surface area contributed by atoms with Gasteiger partial charge in [-0.1, -0.05) is 23.7 Å². The predicted molar refractivity (Wildman–Crippen MR) is 102 cm³/mol. The monoisotopic (exact) mass is 447 g/mol. The zero-order valence-electron chi connectivity index (χ0n) is 14.2. The van der Waals surface area contributed by atoms with Gasteiger partial charge in [-0.25, -0.2) is 18.5 Å². The summed E-state index contributed by atoms with van der Waals surface area (Å²) in [6.07, 6.45) is -4.46. The van der Waals surface area contributed by atoms with Crippen LogP contribution in [0.25, 0.3) is 11.3 Å². The summed E-state index contributed by atoms with van der Waals surface area (Å²) < 4.78 is 63.6. The van der Waals surface area contributed by atoms with E-state index >= 15 is 0 Å². The molecule has 11 heteroatoms. The maximum atomic E-state index is 12.9. The highest BCUT2D eigenvalue weighted by Gasteiger charge is 2.30. The molecular weight excluding hydrogens is 435 g/mol. The highest BCUT2D eigenvalue weighted by atomic mass is 35.5. The van der Waals surface area contributed by atoms with E-state index in [1.54, 1.807) is 23.1 Å². The third kappa shape index (κ3) is 4.30. The number of halogens is 4. The Kier molecular flexibility index (Phi) is 5.41. The molecule has 0 aliphatic heterocycles. The van der Waals surface area contributed by atoms with E-state index in [-0.39, 0.29) is 15.6 Å². The van der Waals surface area contributed by atoms with Crippen molar-refractivity contribution in [3.8, 4) is 11.3 Å². The molecule has 0 atom stereocenters. The van der Waals surface area contributed by atoms with Gasteiger partial charge < -0.3 is 4.57 Å². The lowest BCUT2D eigenvalue weighted by Crippen LogP contribution is -2.14. The number of aromatic nitrogens is 1. The molecule has 3 aromatic rings. The predicted octanol–water partition coefficient (Wildman–Crippen LogP) is 4.31. The summed E-state index contributed by atoms with van der Waals surface area (Å²) in [4.78, 5) is 4.48. The van der Waals surface area contributed by atoms with E-state index in [4.69, 9.17) is 16.7 Å². The normalized spacial score (nSPS) is 13.1. The molecule has 0 fully saturated rings. The van der Waals surface area contributed by atoms with Gasteiger partial charge in [-0.15, -0.1) is 11.3 Å². The van der Waals surface area contributed by atoms with Crippen molar-refractivity contribution in [2.24, 2.45) is 17.2 Å². The first kappa shape index (κ1) is 20.6. The first-order valence-electron chi connectivity index (χ1n) is 7.66. The van der Waals surface area contributed by atoms with Crippen molar-refractivity contribution >= 4 is 38.6 Å². The number of nitrogens with two attached hydrogens (primary N) is 1. The van der Waals surface area contributed by atoms with Gasteiger partial charge in [-0.3, -0.25) is 0 Å². The van der Waals surface area contributed by atoms with Crippen molar-refractivity contribution in [1.29, 1.82) is 0 Å². The van der Waals surface area contributed by atoms with Gasteiger partial charge in [0.1, 0.15) is 4.90 Å². The quantitative estimate of drug-likeness (QED) is 0.649. The van der Waals surface area contributed by atoms with Crippen molar-refractivity contribution in [2.75, 3.05) is 0 Å². The summed E-state index contributed by atoms with van der Waals surface area (Å²) in [6, 6.07) is 9.06. The first-order valence-corrected chi connectivity index (χ1v) is 10.5. The second-order valence-electron chi connectivity index (χ2n) is 5.81. The molecule has 2 aromatic carbocycles. The Labute approximate surface area is 167 Å². The van der Waals surface area contributed by atoms with E-state index in [2.05, 4.69) is 4.99 Å². The van der Waals surface area contributed by atoms with E-state index in [0.717, 1.165) is 12.1 Å². The third-order valence-electron chi connectivity index (χ3n) is 3.86. The van der Waals surface area contributed by atoms with Crippen molar-refractivity contribution in [1.82, 2.24) is 4.57 Å². The SMILES string of the molecule is Cn1c(-c2ccc(Cl)c(S(N)(=O)=O)c2)csc1=Nc1cccc(C(F)(F)F)c1. The van der Waals surface area contributed by atoms with Crippen LogP contribution in [0.2, 0.25) is 5.02 Å². The Hall–Kier alpha value is -2.14. The van der Waals surface area contributed by atoms with Gasteiger partial charge in [-0.2, -0.15) is 13.2 Å². The number of thiazole rings is 1. The van der Waals surface area contributed by atoms with E-state index in [1.165, 1.54) is 35.6 Å². The van der Waals surface area contributed by atoms with Crippen LogP contribution in [0.15, 0.2) is 57.7 Å². The lowest BCUT2D eigenvalue weighted by molar-refractivity contribution is -0.137. The van der Waals surface area contributed by atoms with E-state index in [1.807, 2.05) is 0 Å². The highest BCUT2D eigenvalue weighted by molar-refractivity contribution is 7.89. The zero-order valence-corrected chi connectivity index (χ0v) is 16.6. The van der Waals surface area contributed by atoms with Crippen LogP contribution in [0.3, 0.4) is 0 Å². The smallest absolute Gasteiger partial charge is 0.320 e. The molecule has 0 saturated heterocycles. The Bertz CT molecular complexity index is 1210. The Morgan fingerprint density at radius 2 is 1.89 bits per heavy atom. The lowest BCUT2D eigenvalue weighted by atomic mass is 10.2.